The van der Waals surface area contributed by atoms with Crippen molar-refractivity contribution in [2.24, 2.45) is 29.1 Å². The van der Waals surface area contributed by atoms with Crippen LogP contribution in [0.3, 0.4) is 0 Å². The molecule has 0 spiro atoms. The van der Waals surface area contributed by atoms with E-state index in [1.165, 1.54) is 31.3 Å². The van der Waals surface area contributed by atoms with Crippen molar-refractivity contribution in [1.82, 2.24) is 0 Å². The molecule has 0 amide bonds. The van der Waals surface area contributed by atoms with Crippen molar-refractivity contribution in [2.45, 2.75) is 103 Å². The van der Waals surface area contributed by atoms with E-state index in [1.807, 2.05) is 0 Å². The summed E-state index contributed by atoms with van der Waals surface area (Å²) >= 11 is 0. The minimum Gasteiger partial charge on any atom is -0.458 e. The van der Waals surface area contributed by atoms with Crippen LogP contribution in [0.4, 0.5) is 0 Å². The fourth-order valence-corrected chi connectivity index (χ4v) is 7.76. The normalized spacial score (nSPS) is 41.7. The molecule has 0 aromatic heterocycles. The molecule has 4 heteroatoms. The summed E-state index contributed by atoms with van der Waals surface area (Å²) in [6.45, 7) is 15.1. The Morgan fingerprint density at radius 1 is 1.21 bits per heavy atom. The van der Waals surface area contributed by atoms with E-state index >= 15 is 0 Å². The van der Waals surface area contributed by atoms with Gasteiger partial charge in [0, 0.05) is 17.9 Å². The molecular formula is C30H44O4. The molecule has 3 saturated carbocycles. The minimum atomic E-state index is -0.640. The number of fused-ring (bicyclic) bond motifs is 1. The molecule has 2 unspecified atom stereocenters. The van der Waals surface area contributed by atoms with E-state index in [-0.39, 0.29) is 23.4 Å². The summed E-state index contributed by atoms with van der Waals surface area (Å²) in [5.74, 6) is 1.68. The molecule has 1 saturated heterocycles. The Hall–Kier alpha value is -1.65. The minimum absolute atomic E-state index is 0.0175. The first kappa shape index (κ1) is 25.4. The van der Waals surface area contributed by atoms with Crippen LogP contribution in [0.1, 0.15) is 85.0 Å². The van der Waals surface area contributed by atoms with Gasteiger partial charge in [0.05, 0.1) is 12.2 Å². The Balaban J connectivity index is 1.48. The summed E-state index contributed by atoms with van der Waals surface area (Å²) in [5, 5.41) is 20.3. The maximum atomic E-state index is 12.2. The lowest BCUT2D eigenvalue weighted by atomic mass is 9.60. The number of aliphatic hydroxyl groups excluding tert-OH is 2. The summed E-state index contributed by atoms with van der Waals surface area (Å²) in [5.41, 5.74) is 4.20. The van der Waals surface area contributed by atoms with Crippen LogP contribution in [0.2, 0.25) is 0 Å². The molecule has 0 bridgehead atoms. The summed E-state index contributed by atoms with van der Waals surface area (Å²) in [6.07, 6.45) is 13.2. The lowest BCUT2D eigenvalue weighted by molar-refractivity contribution is -0.140. The van der Waals surface area contributed by atoms with Crippen LogP contribution in [0.25, 0.3) is 0 Å². The molecule has 3 aliphatic carbocycles. The van der Waals surface area contributed by atoms with Gasteiger partial charge in [-0.05, 0) is 85.7 Å². The second-order valence-electron chi connectivity index (χ2n) is 11.7. The maximum Gasteiger partial charge on any atom is 0.334 e. The first-order chi connectivity index (χ1) is 16.2. The number of allylic oxidation sites excluding steroid dienone is 3. The highest BCUT2D eigenvalue weighted by Crippen LogP contribution is 2.60. The molecule has 2 N–H and O–H groups in total. The second kappa shape index (κ2) is 10.1. The highest BCUT2D eigenvalue weighted by molar-refractivity contribution is 5.90. The van der Waals surface area contributed by atoms with Gasteiger partial charge in [0.25, 0.3) is 0 Å². The summed E-state index contributed by atoms with van der Waals surface area (Å²) in [6, 6.07) is 0. The Bertz CT molecular complexity index is 882. The predicted octanol–water partition coefficient (Wildman–Crippen LogP) is 6.05. The molecule has 34 heavy (non-hydrogen) atoms. The van der Waals surface area contributed by atoms with Crippen molar-refractivity contribution < 1.29 is 19.7 Å². The number of hydrogen-bond donors (Lipinski definition) is 2. The van der Waals surface area contributed by atoms with E-state index in [0.29, 0.717) is 36.2 Å². The van der Waals surface area contributed by atoms with Gasteiger partial charge in [-0.25, -0.2) is 4.79 Å². The number of esters is 1. The van der Waals surface area contributed by atoms with Crippen LogP contribution in [-0.4, -0.2) is 34.5 Å². The van der Waals surface area contributed by atoms with Gasteiger partial charge in [0.1, 0.15) is 6.10 Å². The van der Waals surface area contributed by atoms with Crippen LogP contribution in [0, 0.1) is 29.1 Å². The number of carbonyl (C=O) groups is 1. The van der Waals surface area contributed by atoms with Gasteiger partial charge in [0.2, 0.25) is 0 Å². The summed E-state index contributed by atoms with van der Waals surface area (Å²) in [7, 11) is 0. The maximum absolute atomic E-state index is 12.2. The molecule has 1 aliphatic heterocycles. The van der Waals surface area contributed by atoms with E-state index in [4.69, 9.17) is 4.74 Å². The average Bonchev–Trinajstić information content (AvgIpc) is 3.27. The third-order valence-electron chi connectivity index (χ3n) is 9.61. The lowest BCUT2D eigenvalue weighted by Gasteiger charge is -2.44. The molecule has 4 aliphatic rings. The van der Waals surface area contributed by atoms with E-state index in [2.05, 4.69) is 46.1 Å². The van der Waals surface area contributed by atoms with Gasteiger partial charge >= 0.3 is 5.97 Å². The third-order valence-corrected chi connectivity index (χ3v) is 9.61. The van der Waals surface area contributed by atoms with E-state index in [1.54, 1.807) is 0 Å². The first-order valence-corrected chi connectivity index (χ1v) is 13.5. The zero-order valence-corrected chi connectivity index (χ0v) is 21.4. The SMILES string of the molecule is C=C1C(=O)OC(C[C@@H](C)[C@H]2CC[C@H]3C(=CC=C4C[C@@H](O)C[C@H](O)C4=C)CCC[C@]23C)C1CCC. The molecule has 4 nitrogen and oxygen atoms in total. The van der Waals surface area contributed by atoms with E-state index in [9.17, 15) is 15.0 Å². The quantitative estimate of drug-likeness (QED) is 0.368. The molecule has 0 aromatic carbocycles. The second-order valence-corrected chi connectivity index (χ2v) is 11.7. The zero-order valence-electron chi connectivity index (χ0n) is 21.4. The van der Waals surface area contributed by atoms with E-state index < -0.39 is 12.2 Å². The van der Waals surface area contributed by atoms with Gasteiger partial charge in [-0.2, -0.15) is 0 Å². The van der Waals surface area contributed by atoms with Gasteiger partial charge in [0.15, 0.2) is 0 Å². The molecule has 8 atom stereocenters. The van der Waals surface area contributed by atoms with Gasteiger partial charge in [-0.15, -0.1) is 0 Å². The monoisotopic (exact) mass is 468 g/mol. The molecule has 0 aromatic rings. The Morgan fingerprint density at radius 2 is 1.97 bits per heavy atom. The van der Waals surface area contributed by atoms with Crippen LogP contribution < -0.4 is 0 Å². The Kier molecular flexibility index (Phi) is 7.59. The molecule has 4 rings (SSSR count). The molecule has 4 fully saturated rings. The predicted molar refractivity (Wildman–Crippen MR) is 136 cm³/mol. The fourth-order valence-electron chi connectivity index (χ4n) is 7.76. The van der Waals surface area contributed by atoms with Crippen molar-refractivity contribution in [3.05, 3.63) is 47.6 Å². The summed E-state index contributed by atoms with van der Waals surface area (Å²) < 4.78 is 5.79. The van der Waals surface area contributed by atoms with Gasteiger partial charge in [-0.1, -0.05) is 58.1 Å². The largest absolute Gasteiger partial charge is 0.458 e. The highest BCUT2D eigenvalue weighted by atomic mass is 16.6. The molecular weight excluding hydrogens is 424 g/mol. The molecule has 1 heterocycles. The number of rotatable bonds is 6. The number of ether oxygens (including phenoxy) is 1. The number of carbonyl (C=O) groups excluding carboxylic acids is 1. The smallest absolute Gasteiger partial charge is 0.334 e. The lowest BCUT2D eigenvalue weighted by Crippen LogP contribution is -2.37. The van der Waals surface area contributed by atoms with E-state index in [0.717, 1.165) is 36.8 Å². The number of hydrogen-bond acceptors (Lipinski definition) is 4. The van der Waals surface area contributed by atoms with Gasteiger partial charge in [-0.3, -0.25) is 0 Å². The van der Waals surface area contributed by atoms with Gasteiger partial charge < -0.3 is 14.9 Å². The summed E-state index contributed by atoms with van der Waals surface area (Å²) in [4.78, 5) is 12.2. The first-order valence-electron chi connectivity index (χ1n) is 13.5. The van der Waals surface area contributed by atoms with Crippen molar-refractivity contribution in [3.63, 3.8) is 0 Å². The van der Waals surface area contributed by atoms with Crippen LogP contribution >= 0.6 is 0 Å². The average molecular weight is 469 g/mol. The van der Waals surface area contributed by atoms with Crippen LogP contribution in [-0.2, 0) is 9.53 Å². The third kappa shape index (κ3) is 4.73. The topological polar surface area (TPSA) is 66.8 Å². The van der Waals surface area contributed by atoms with Crippen molar-refractivity contribution in [1.29, 1.82) is 0 Å². The Labute approximate surface area is 205 Å². The van der Waals surface area contributed by atoms with Crippen molar-refractivity contribution >= 4 is 5.97 Å². The van der Waals surface area contributed by atoms with Crippen molar-refractivity contribution in [3.8, 4) is 0 Å². The van der Waals surface area contributed by atoms with Crippen LogP contribution in [0.5, 0.6) is 0 Å². The van der Waals surface area contributed by atoms with Crippen LogP contribution in [0.15, 0.2) is 47.6 Å². The molecule has 0 radical (unpaired) electrons. The standard InChI is InChI=1S/C30H44O4/c1-6-8-24-20(4)29(33)34-28(24)15-18(2)25-12-13-26-21(9-7-14-30(25,26)5)10-11-22-16-23(31)17-27(32)19(22)3/h10-11,18,23-28,31-32H,3-4,6-9,12-17H2,1-2,5H3/t18-,23-,24?,25-,26+,27+,28?,30-/m1/s1. The molecule has 188 valence electrons. The number of cyclic esters (lactones) is 1. The highest BCUT2D eigenvalue weighted by Gasteiger charge is 2.51. The fraction of sp³-hybridized carbons (Fsp3) is 0.700. The number of aliphatic hydroxyl groups is 2. The van der Waals surface area contributed by atoms with Crippen molar-refractivity contribution in [2.75, 3.05) is 0 Å². The zero-order chi connectivity index (χ0) is 24.6. The Morgan fingerprint density at radius 3 is 2.71 bits per heavy atom.